The first-order valence-corrected chi connectivity index (χ1v) is 13.8. The second kappa shape index (κ2) is 9.75. The van der Waals surface area contributed by atoms with Crippen molar-refractivity contribution in [3.8, 4) is 39.9 Å². The normalized spacial score (nSPS) is 14.8. The molecule has 0 aliphatic heterocycles. The molecule has 0 saturated heterocycles. The van der Waals surface area contributed by atoms with Crippen molar-refractivity contribution in [3.05, 3.63) is 145 Å². The lowest BCUT2D eigenvalue weighted by Gasteiger charge is -2.08. The van der Waals surface area contributed by atoms with E-state index in [2.05, 4.69) is 43.8 Å². The fourth-order valence-corrected chi connectivity index (χ4v) is 5.75. The van der Waals surface area contributed by atoms with Crippen molar-refractivity contribution in [2.75, 3.05) is 0 Å². The molecule has 9 rings (SSSR count). The zero-order valence-electron chi connectivity index (χ0n) is 32.8. The van der Waals surface area contributed by atoms with Gasteiger partial charge in [0.15, 0.2) is 17.5 Å². The van der Waals surface area contributed by atoms with Crippen LogP contribution >= 0.6 is 0 Å². The highest BCUT2D eigenvalue weighted by atomic mass is 16.3. The number of fused-ring (bicyclic) bond motifs is 6. The lowest BCUT2D eigenvalue weighted by atomic mass is 10.1. The maximum Gasteiger partial charge on any atom is 0.167 e. The van der Waals surface area contributed by atoms with Gasteiger partial charge in [0.05, 0.1) is 30.3 Å². The molecule has 3 heterocycles. The molecular formula is C39H24N4O. The van der Waals surface area contributed by atoms with Gasteiger partial charge in [0, 0.05) is 38.4 Å². The van der Waals surface area contributed by atoms with Gasteiger partial charge < -0.3 is 8.98 Å². The zero-order chi connectivity index (χ0) is 37.7. The van der Waals surface area contributed by atoms with Crippen molar-refractivity contribution in [1.82, 2.24) is 19.5 Å². The van der Waals surface area contributed by atoms with Crippen LogP contribution in [0.15, 0.2) is 150 Å². The van der Waals surface area contributed by atoms with Gasteiger partial charge in [-0.05, 0) is 36.4 Å². The van der Waals surface area contributed by atoms with Crippen LogP contribution < -0.4 is 0 Å². The second-order valence-electron chi connectivity index (χ2n) is 10.1. The van der Waals surface area contributed by atoms with E-state index in [1.54, 1.807) is 12.1 Å². The molecule has 0 saturated carbocycles. The Morgan fingerprint density at radius 1 is 0.523 bits per heavy atom. The third-order valence-corrected chi connectivity index (χ3v) is 7.64. The van der Waals surface area contributed by atoms with Gasteiger partial charge in [-0.25, -0.2) is 15.0 Å². The Bertz CT molecular complexity index is 2880. The minimum absolute atomic E-state index is 0.0686. The average Bonchev–Trinajstić information content (AvgIpc) is 3.73. The van der Waals surface area contributed by atoms with E-state index in [-0.39, 0.29) is 28.6 Å². The summed E-state index contributed by atoms with van der Waals surface area (Å²) < 4.78 is 92.4. The molecule has 0 aliphatic rings. The van der Waals surface area contributed by atoms with Crippen LogP contribution in [0.1, 0.15) is 13.7 Å². The van der Waals surface area contributed by atoms with E-state index in [9.17, 15) is 0 Å². The lowest BCUT2D eigenvalue weighted by molar-refractivity contribution is 0.669. The molecule has 0 aliphatic carbocycles. The predicted molar refractivity (Wildman–Crippen MR) is 178 cm³/mol. The zero-order valence-corrected chi connectivity index (χ0v) is 22.8. The van der Waals surface area contributed by atoms with Crippen LogP contribution in [-0.4, -0.2) is 19.5 Å². The van der Waals surface area contributed by atoms with E-state index in [1.165, 1.54) is 0 Å². The summed E-state index contributed by atoms with van der Waals surface area (Å²) in [7, 11) is 0. The number of hydrogen-bond acceptors (Lipinski definition) is 4. The fraction of sp³-hybridized carbons (Fsp3) is 0. The van der Waals surface area contributed by atoms with Crippen LogP contribution in [0.3, 0.4) is 0 Å². The molecule has 44 heavy (non-hydrogen) atoms. The van der Waals surface area contributed by atoms with E-state index < -0.39 is 60.4 Å². The Hall–Kier alpha value is -6.07. The molecule has 6 aromatic carbocycles. The summed E-state index contributed by atoms with van der Waals surface area (Å²) in [5, 5.41) is 3.73. The van der Waals surface area contributed by atoms with Crippen LogP contribution in [0.25, 0.3) is 83.6 Å². The van der Waals surface area contributed by atoms with Crippen molar-refractivity contribution >= 4 is 43.7 Å². The highest BCUT2D eigenvalue weighted by molar-refractivity contribution is 6.12. The van der Waals surface area contributed by atoms with Gasteiger partial charge in [-0.3, -0.25) is 0 Å². The second-order valence-corrected chi connectivity index (χ2v) is 10.1. The third kappa shape index (κ3) is 3.83. The van der Waals surface area contributed by atoms with Gasteiger partial charge in [-0.1, -0.05) is 109 Å². The monoisotopic (exact) mass is 574 g/mol. The van der Waals surface area contributed by atoms with Gasteiger partial charge in [0.25, 0.3) is 0 Å². The molecule has 0 unspecified atom stereocenters. The molecule has 3 aromatic heterocycles. The van der Waals surface area contributed by atoms with E-state index >= 15 is 0 Å². The van der Waals surface area contributed by atoms with Crippen LogP contribution in [0.2, 0.25) is 0 Å². The van der Waals surface area contributed by atoms with Crippen molar-refractivity contribution < 1.29 is 18.1 Å². The minimum Gasteiger partial charge on any atom is -0.455 e. The molecule has 206 valence electrons. The Kier molecular flexibility index (Phi) is 3.66. The largest absolute Gasteiger partial charge is 0.455 e. The van der Waals surface area contributed by atoms with E-state index in [0.717, 1.165) is 32.9 Å². The summed E-state index contributed by atoms with van der Waals surface area (Å²) in [4.78, 5) is 13.6. The smallest absolute Gasteiger partial charge is 0.167 e. The summed E-state index contributed by atoms with van der Waals surface area (Å²) in [6.45, 7) is 0. The number of aromatic nitrogens is 4. The van der Waals surface area contributed by atoms with E-state index in [0.29, 0.717) is 22.1 Å². The van der Waals surface area contributed by atoms with Gasteiger partial charge in [-0.2, -0.15) is 0 Å². The highest BCUT2D eigenvalue weighted by Gasteiger charge is 2.19. The molecule has 0 atom stereocenters. The maximum atomic E-state index is 8.64. The van der Waals surface area contributed by atoms with Crippen LogP contribution in [0.5, 0.6) is 0 Å². The lowest BCUT2D eigenvalue weighted by Crippen LogP contribution is -2.00. The highest BCUT2D eigenvalue weighted by Crippen LogP contribution is 2.38. The summed E-state index contributed by atoms with van der Waals surface area (Å²) in [5.74, 6) is -0.762. The van der Waals surface area contributed by atoms with Crippen LogP contribution in [0, 0.1) is 0 Å². The Balaban J connectivity index is 1.31. The van der Waals surface area contributed by atoms with Crippen molar-refractivity contribution in [1.29, 1.82) is 0 Å². The SMILES string of the molecule is [2H]c1c([2H])c([2H])c(-c2nc(-c3c([2H])c([2H])c([2H])c([2H])c3[2H])nc(-c3cccc4c3oc3ccc(-n5c6ccccc6c6ccccc65)cc34)n2)c([2H])c1[2H]. The summed E-state index contributed by atoms with van der Waals surface area (Å²) in [6.07, 6.45) is 0. The van der Waals surface area contributed by atoms with Gasteiger partial charge in [0.1, 0.15) is 11.2 Å². The van der Waals surface area contributed by atoms with Gasteiger partial charge in [-0.15, -0.1) is 0 Å². The summed E-state index contributed by atoms with van der Waals surface area (Å²) in [6, 6.07) is 21.6. The standard InChI is InChI=1S/C39H24N4O/c1-3-12-25(13-4-1)37-40-38(26-14-5-2-6-15-26)42-39(41-37)31-19-11-18-30-32-24-27(22-23-35(32)44-36(30)31)43-33-20-9-7-16-28(33)29-17-8-10-21-34(29)43/h1-24H/i1D,2D,3D,4D,5D,6D,12D,13D,14D,15D. The summed E-state index contributed by atoms with van der Waals surface area (Å²) >= 11 is 0. The number of para-hydroxylation sites is 3. The van der Waals surface area contributed by atoms with Crippen LogP contribution in [0.4, 0.5) is 0 Å². The number of nitrogens with zero attached hydrogens (tertiary/aromatic N) is 4. The molecule has 0 spiro atoms. The predicted octanol–water partition coefficient (Wildman–Crippen LogP) is 9.87. The maximum absolute atomic E-state index is 8.64. The molecule has 0 fully saturated rings. The molecule has 5 nitrogen and oxygen atoms in total. The van der Waals surface area contributed by atoms with Crippen molar-refractivity contribution in [2.45, 2.75) is 0 Å². The topological polar surface area (TPSA) is 56.7 Å². The van der Waals surface area contributed by atoms with Gasteiger partial charge >= 0.3 is 0 Å². The Morgan fingerprint density at radius 2 is 1.09 bits per heavy atom. The third-order valence-electron chi connectivity index (χ3n) is 7.64. The minimum atomic E-state index is -0.615. The fourth-order valence-electron chi connectivity index (χ4n) is 5.75. The molecular weight excluding hydrogens is 540 g/mol. The first kappa shape index (κ1) is 16.5. The number of benzene rings is 6. The first-order valence-electron chi connectivity index (χ1n) is 18.8. The van der Waals surface area contributed by atoms with E-state index in [1.807, 2.05) is 48.5 Å². The molecule has 0 N–H and O–H groups in total. The molecule has 0 bridgehead atoms. The first-order chi connectivity index (χ1) is 26.0. The Morgan fingerprint density at radius 3 is 1.73 bits per heavy atom. The quantitative estimate of drug-likeness (QED) is 0.210. The molecule has 0 radical (unpaired) electrons. The molecule has 0 amide bonds. The number of hydrogen-bond donors (Lipinski definition) is 0. The van der Waals surface area contributed by atoms with Gasteiger partial charge in [0.2, 0.25) is 0 Å². The van der Waals surface area contributed by atoms with Crippen molar-refractivity contribution in [3.63, 3.8) is 0 Å². The number of rotatable bonds is 4. The summed E-state index contributed by atoms with van der Waals surface area (Å²) in [5.41, 5.74) is 3.57. The van der Waals surface area contributed by atoms with E-state index in [4.69, 9.17) is 18.1 Å². The van der Waals surface area contributed by atoms with Crippen LogP contribution in [-0.2, 0) is 0 Å². The van der Waals surface area contributed by atoms with Crippen molar-refractivity contribution in [2.24, 2.45) is 0 Å². The molecule has 5 heteroatoms. The average molecular weight is 575 g/mol. The molecule has 9 aromatic rings. The number of furan rings is 1. The Labute approximate surface area is 266 Å².